The molecule has 2 aromatic carbocycles. The lowest BCUT2D eigenvalue weighted by Crippen LogP contribution is -2.31. The van der Waals surface area contributed by atoms with Crippen molar-refractivity contribution in [1.82, 2.24) is 0 Å². The molecule has 4 N–H and O–H groups in total. The monoisotopic (exact) mass is 323 g/mol. The summed E-state index contributed by atoms with van der Waals surface area (Å²) in [4.78, 5) is 23.4. The van der Waals surface area contributed by atoms with Crippen LogP contribution in [0, 0.1) is 0 Å². The lowest BCUT2D eigenvalue weighted by atomic mass is 10.1. The highest BCUT2D eigenvalue weighted by atomic mass is 16.2. The van der Waals surface area contributed by atoms with Crippen LogP contribution in [0.4, 0.5) is 11.4 Å². The van der Waals surface area contributed by atoms with Crippen molar-refractivity contribution in [3.05, 3.63) is 59.2 Å². The molecule has 0 saturated heterocycles. The molecule has 0 fully saturated rings. The number of amides is 2. The van der Waals surface area contributed by atoms with Gasteiger partial charge in [0.1, 0.15) is 6.04 Å². The molecule has 0 radical (unpaired) electrons. The molecule has 3 rings (SSSR count). The second-order valence-electron chi connectivity index (χ2n) is 6.13. The predicted molar refractivity (Wildman–Crippen MR) is 95.1 cm³/mol. The second kappa shape index (κ2) is 6.74. The van der Waals surface area contributed by atoms with Crippen LogP contribution < -0.4 is 16.4 Å². The van der Waals surface area contributed by atoms with Crippen molar-refractivity contribution >= 4 is 23.2 Å². The van der Waals surface area contributed by atoms with E-state index in [0.29, 0.717) is 11.3 Å². The zero-order valence-corrected chi connectivity index (χ0v) is 13.6. The SMILES string of the molecule is C[C@H](Nc1ccc2c(c1)CCC2)C(=O)Nc1ccc(C(N)=O)cc1. The van der Waals surface area contributed by atoms with Crippen molar-refractivity contribution < 1.29 is 9.59 Å². The Morgan fingerprint density at radius 1 is 1.00 bits per heavy atom. The van der Waals surface area contributed by atoms with Crippen LogP contribution in [0.25, 0.3) is 0 Å². The van der Waals surface area contributed by atoms with Gasteiger partial charge in [-0.15, -0.1) is 0 Å². The number of nitrogens with one attached hydrogen (secondary N) is 2. The zero-order valence-electron chi connectivity index (χ0n) is 13.6. The van der Waals surface area contributed by atoms with Gasteiger partial charge in [0.2, 0.25) is 11.8 Å². The van der Waals surface area contributed by atoms with E-state index < -0.39 is 5.91 Å². The first-order chi connectivity index (χ1) is 11.5. The highest BCUT2D eigenvalue weighted by molar-refractivity contribution is 5.97. The minimum atomic E-state index is -0.487. The molecule has 0 spiro atoms. The summed E-state index contributed by atoms with van der Waals surface area (Å²) in [6.45, 7) is 1.82. The van der Waals surface area contributed by atoms with Crippen molar-refractivity contribution in [1.29, 1.82) is 0 Å². The Bertz CT molecular complexity index is 769. The summed E-state index contributed by atoms with van der Waals surface area (Å²) < 4.78 is 0. The molecule has 0 heterocycles. The third kappa shape index (κ3) is 3.56. The molecule has 0 unspecified atom stereocenters. The van der Waals surface area contributed by atoms with Gasteiger partial charge in [-0.05, 0) is 73.7 Å². The summed E-state index contributed by atoms with van der Waals surface area (Å²) in [6, 6.07) is 12.4. The largest absolute Gasteiger partial charge is 0.374 e. The van der Waals surface area contributed by atoms with Gasteiger partial charge < -0.3 is 16.4 Å². The van der Waals surface area contributed by atoms with Crippen LogP contribution in [0.3, 0.4) is 0 Å². The van der Waals surface area contributed by atoms with E-state index in [1.165, 1.54) is 17.5 Å². The van der Waals surface area contributed by atoms with Crippen molar-refractivity contribution in [2.75, 3.05) is 10.6 Å². The van der Waals surface area contributed by atoms with Gasteiger partial charge in [0.05, 0.1) is 0 Å². The minimum absolute atomic E-state index is 0.137. The van der Waals surface area contributed by atoms with Crippen LogP contribution in [-0.4, -0.2) is 17.9 Å². The summed E-state index contributed by atoms with van der Waals surface area (Å²) in [5.41, 5.74) is 9.99. The van der Waals surface area contributed by atoms with Gasteiger partial charge in [0, 0.05) is 16.9 Å². The van der Waals surface area contributed by atoms with Gasteiger partial charge in [-0.25, -0.2) is 0 Å². The fraction of sp³-hybridized carbons (Fsp3) is 0.263. The van der Waals surface area contributed by atoms with Gasteiger partial charge in [0.25, 0.3) is 0 Å². The molecule has 5 nitrogen and oxygen atoms in total. The van der Waals surface area contributed by atoms with Crippen LogP contribution in [0.15, 0.2) is 42.5 Å². The van der Waals surface area contributed by atoms with E-state index >= 15 is 0 Å². The van der Waals surface area contributed by atoms with E-state index in [9.17, 15) is 9.59 Å². The van der Waals surface area contributed by atoms with Gasteiger partial charge in [-0.1, -0.05) is 6.07 Å². The summed E-state index contributed by atoms with van der Waals surface area (Å²) in [5.74, 6) is -0.623. The highest BCUT2D eigenvalue weighted by Crippen LogP contribution is 2.25. The number of rotatable bonds is 5. The molecule has 0 aliphatic heterocycles. The van der Waals surface area contributed by atoms with Gasteiger partial charge in [-0.2, -0.15) is 0 Å². The quantitative estimate of drug-likeness (QED) is 0.791. The molecular weight excluding hydrogens is 302 g/mol. The molecule has 1 atom stereocenters. The summed E-state index contributed by atoms with van der Waals surface area (Å²) in [6.07, 6.45) is 3.46. The molecule has 2 aromatic rings. The number of carbonyl (C=O) groups excluding carboxylic acids is 2. The van der Waals surface area contributed by atoms with Crippen LogP contribution in [-0.2, 0) is 17.6 Å². The fourth-order valence-electron chi connectivity index (χ4n) is 2.95. The van der Waals surface area contributed by atoms with Crippen molar-refractivity contribution in [3.63, 3.8) is 0 Å². The van der Waals surface area contributed by atoms with Crippen LogP contribution in [0.5, 0.6) is 0 Å². The topological polar surface area (TPSA) is 84.2 Å². The Morgan fingerprint density at radius 2 is 1.67 bits per heavy atom. The highest BCUT2D eigenvalue weighted by Gasteiger charge is 2.15. The Morgan fingerprint density at radius 3 is 2.38 bits per heavy atom. The third-order valence-electron chi connectivity index (χ3n) is 4.31. The number of nitrogens with two attached hydrogens (primary N) is 1. The van der Waals surface area contributed by atoms with Crippen LogP contribution in [0.2, 0.25) is 0 Å². The average Bonchev–Trinajstić information content (AvgIpc) is 3.03. The number of fused-ring (bicyclic) bond motifs is 1. The Labute approximate surface area is 141 Å². The molecule has 0 aromatic heterocycles. The molecular formula is C19H21N3O2. The summed E-state index contributed by atoms with van der Waals surface area (Å²) in [5, 5.41) is 6.06. The molecule has 5 heteroatoms. The van der Waals surface area contributed by atoms with E-state index in [1.807, 2.05) is 13.0 Å². The number of hydrogen-bond donors (Lipinski definition) is 3. The van der Waals surface area contributed by atoms with Crippen LogP contribution >= 0.6 is 0 Å². The molecule has 1 aliphatic carbocycles. The minimum Gasteiger partial charge on any atom is -0.374 e. The van der Waals surface area contributed by atoms with E-state index in [-0.39, 0.29) is 11.9 Å². The maximum atomic E-state index is 12.3. The Balaban J connectivity index is 1.61. The zero-order chi connectivity index (χ0) is 17.1. The van der Waals surface area contributed by atoms with Gasteiger partial charge >= 0.3 is 0 Å². The van der Waals surface area contributed by atoms with Gasteiger partial charge in [-0.3, -0.25) is 9.59 Å². The predicted octanol–water partition coefficient (Wildman–Crippen LogP) is 2.71. The first kappa shape index (κ1) is 16.1. The smallest absolute Gasteiger partial charge is 0.248 e. The number of aryl methyl sites for hydroxylation is 2. The first-order valence-corrected chi connectivity index (χ1v) is 8.12. The molecule has 24 heavy (non-hydrogen) atoms. The first-order valence-electron chi connectivity index (χ1n) is 8.12. The molecule has 2 amide bonds. The second-order valence-corrected chi connectivity index (χ2v) is 6.13. The lowest BCUT2D eigenvalue weighted by molar-refractivity contribution is -0.116. The molecule has 0 saturated carbocycles. The number of anilines is 2. The van der Waals surface area contributed by atoms with Crippen molar-refractivity contribution in [2.24, 2.45) is 5.73 Å². The number of carbonyl (C=O) groups is 2. The Kier molecular flexibility index (Phi) is 4.51. The Hall–Kier alpha value is -2.82. The van der Waals surface area contributed by atoms with E-state index in [2.05, 4.69) is 22.8 Å². The van der Waals surface area contributed by atoms with Crippen molar-refractivity contribution in [3.8, 4) is 0 Å². The van der Waals surface area contributed by atoms with Crippen LogP contribution in [0.1, 0.15) is 34.8 Å². The molecule has 0 bridgehead atoms. The average molecular weight is 323 g/mol. The summed E-state index contributed by atoms with van der Waals surface area (Å²) in [7, 11) is 0. The lowest BCUT2D eigenvalue weighted by Gasteiger charge is -2.16. The fourth-order valence-corrected chi connectivity index (χ4v) is 2.95. The molecule has 124 valence electrons. The number of hydrogen-bond acceptors (Lipinski definition) is 3. The number of benzene rings is 2. The summed E-state index contributed by atoms with van der Waals surface area (Å²) >= 11 is 0. The maximum absolute atomic E-state index is 12.3. The van der Waals surface area contributed by atoms with E-state index in [4.69, 9.17) is 5.73 Å². The standard InChI is InChI=1S/C19H21N3O2/c1-12(21-17-10-5-13-3-2-4-15(13)11-17)19(24)22-16-8-6-14(7-9-16)18(20)23/h5-12,21H,2-4H2,1H3,(H2,20,23)(H,22,24)/t12-/m0/s1. The van der Waals surface area contributed by atoms with Crippen molar-refractivity contribution in [2.45, 2.75) is 32.2 Å². The maximum Gasteiger partial charge on any atom is 0.248 e. The van der Waals surface area contributed by atoms with E-state index in [1.54, 1.807) is 24.3 Å². The van der Waals surface area contributed by atoms with Gasteiger partial charge in [0.15, 0.2) is 0 Å². The number of primary amides is 1. The normalized spacial score (nSPS) is 13.9. The molecule has 1 aliphatic rings. The third-order valence-corrected chi connectivity index (χ3v) is 4.31. The van der Waals surface area contributed by atoms with E-state index in [0.717, 1.165) is 18.5 Å².